The minimum Gasteiger partial charge on any atom is -0.481 e. The summed E-state index contributed by atoms with van der Waals surface area (Å²) in [7, 11) is 0. The van der Waals surface area contributed by atoms with E-state index in [1.54, 1.807) is 4.68 Å². The maximum absolute atomic E-state index is 10.6. The molecule has 0 saturated carbocycles. The Bertz CT molecular complexity index is 606. The van der Waals surface area contributed by atoms with Gasteiger partial charge < -0.3 is 5.11 Å². The van der Waals surface area contributed by atoms with Gasteiger partial charge >= 0.3 is 5.97 Å². The zero-order valence-corrected chi connectivity index (χ0v) is 12.7. The Hall–Kier alpha value is -1.41. The second-order valence-electron chi connectivity index (χ2n) is 3.97. The number of aryl methyl sites for hydroxylation is 2. The average molecular weight is 343 g/mol. The van der Waals surface area contributed by atoms with Crippen LogP contribution in [0.25, 0.3) is 5.69 Å². The standard InChI is InChI=1S/C11H11BrN4O2S/c1-6-3-7(2)10(8(12)4-6)16-11(13-14-15-16)19-5-9(17)18/h3-4H,5H2,1-2H3,(H,17,18). The molecule has 1 aromatic heterocycles. The number of carboxylic acid groups (broad SMARTS) is 1. The largest absolute Gasteiger partial charge is 0.481 e. The molecule has 8 heteroatoms. The molecule has 100 valence electrons. The van der Waals surface area contributed by atoms with Gasteiger partial charge in [-0.05, 0) is 57.4 Å². The fourth-order valence-electron chi connectivity index (χ4n) is 1.71. The number of nitrogens with zero attached hydrogens (tertiary/aromatic N) is 4. The van der Waals surface area contributed by atoms with Gasteiger partial charge in [-0.25, -0.2) is 0 Å². The highest BCUT2D eigenvalue weighted by molar-refractivity contribution is 9.10. The van der Waals surface area contributed by atoms with E-state index in [1.807, 2.05) is 26.0 Å². The minimum atomic E-state index is -0.903. The number of tetrazole rings is 1. The first-order valence-electron chi connectivity index (χ1n) is 5.39. The van der Waals surface area contributed by atoms with Gasteiger partial charge in [0.25, 0.3) is 0 Å². The number of rotatable bonds is 4. The molecule has 2 aromatic rings. The molecule has 0 spiro atoms. The Morgan fingerprint density at radius 3 is 2.84 bits per heavy atom. The lowest BCUT2D eigenvalue weighted by Gasteiger charge is -2.10. The number of aromatic nitrogens is 4. The van der Waals surface area contributed by atoms with Gasteiger partial charge in [0.2, 0.25) is 5.16 Å². The molecule has 0 radical (unpaired) electrons. The number of carboxylic acids is 1. The van der Waals surface area contributed by atoms with E-state index in [-0.39, 0.29) is 5.75 Å². The van der Waals surface area contributed by atoms with Crippen LogP contribution in [0.3, 0.4) is 0 Å². The zero-order chi connectivity index (χ0) is 14.0. The summed E-state index contributed by atoms with van der Waals surface area (Å²) in [6.07, 6.45) is 0. The maximum atomic E-state index is 10.6. The van der Waals surface area contributed by atoms with E-state index in [1.165, 1.54) is 0 Å². The monoisotopic (exact) mass is 342 g/mol. The first-order chi connectivity index (χ1) is 8.99. The van der Waals surface area contributed by atoms with Gasteiger partial charge in [0, 0.05) is 4.47 Å². The maximum Gasteiger partial charge on any atom is 0.313 e. The third-order valence-electron chi connectivity index (χ3n) is 2.38. The van der Waals surface area contributed by atoms with Gasteiger partial charge in [-0.3, -0.25) is 4.79 Å². The molecule has 1 N–H and O–H groups in total. The summed E-state index contributed by atoms with van der Waals surface area (Å²) >= 11 is 4.58. The molecular weight excluding hydrogens is 332 g/mol. The summed E-state index contributed by atoms with van der Waals surface area (Å²) in [4.78, 5) is 10.6. The van der Waals surface area contributed by atoms with Gasteiger partial charge in [0.15, 0.2) is 0 Å². The van der Waals surface area contributed by atoms with Crippen LogP contribution in [0.2, 0.25) is 0 Å². The molecule has 6 nitrogen and oxygen atoms in total. The predicted molar refractivity (Wildman–Crippen MR) is 74.7 cm³/mol. The first-order valence-corrected chi connectivity index (χ1v) is 7.17. The van der Waals surface area contributed by atoms with Crippen LogP contribution in [0.1, 0.15) is 11.1 Å². The summed E-state index contributed by atoms with van der Waals surface area (Å²) in [5.74, 6) is -0.984. The van der Waals surface area contributed by atoms with Crippen molar-refractivity contribution in [3.05, 3.63) is 27.7 Å². The molecule has 0 atom stereocenters. The van der Waals surface area contributed by atoms with E-state index in [0.29, 0.717) is 5.16 Å². The summed E-state index contributed by atoms with van der Waals surface area (Å²) in [5, 5.41) is 20.6. The molecule has 0 fully saturated rings. The van der Waals surface area contributed by atoms with Crippen LogP contribution < -0.4 is 0 Å². The molecule has 0 unspecified atom stereocenters. The Balaban J connectivity index is 2.43. The van der Waals surface area contributed by atoms with Crippen molar-refractivity contribution in [1.82, 2.24) is 20.2 Å². The molecule has 19 heavy (non-hydrogen) atoms. The van der Waals surface area contributed by atoms with E-state index in [4.69, 9.17) is 5.11 Å². The van der Waals surface area contributed by atoms with Crippen molar-refractivity contribution in [1.29, 1.82) is 0 Å². The van der Waals surface area contributed by atoms with Crippen LogP contribution in [-0.4, -0.2) is 37.0 Å². The molecule has 1 heterocycles. The quantitative estimate of drug-likeness (QED) is 0.858. The average Bonchev–Trinajstić information content (AvgIpc) is 2.73. The van der Waals surface area contributed by atoms with E-state index in [2.05, 4.69) is 31.5 Å². The summed E-state index contributed by atoms with van der Waals surface area (Å²) in [6, 6.07) is 3.99. The number of carbonyl (C=O) groups is 1. The molecule has 0 aliphatic heterocycles. The summed E-state index contributed by atoms with van der Waals surface area (Å²) < 4.78 is 2.42. The molecule has 0 amide bonds. The molecule has 0 saturated heterocycles. The van der Waals surface area contributed by atoms with Crippen LogP contribution in [0.4, 0.5) is 0 Å². The smallest absolute Gasteiger partial charge is 0.313 e. The summed E-state index contributed by atoms with van der Waals surface area (Å²) in [6.45, 7) is 3.96. The van der Waals surface area contributed by atoms with Crippen molar-refractivity contribution in [2.75, 3.05) is 5.75 Å². The Morgan fingerprint density at radius 2 is 2.21 bits per heavy atom. The van der Waals surface area contributed by atoms with E-state index >= 15 is 0 Å². The number of aliphatic carboxylic acids is 1. The van der Waals surface area contributed by atoms with Gasteiger partial charge in [-0.2, -0.15) is 4.68 Å². The molecule has 0 aliphatic carbocycles. The fourth-order valence-corrected chi connectivity index (χ4v) is 3.15. The van der Waals surface area contributed by atoms with Crippen molar-refractivity contribution in [3.8, 4) is 5.69 Å². The van der Waals surface area contributed by atoms with E-state index in [0.717, 1.165) is 33.0 Å². The van der Waals surface area contributed by atoms with E-state index in [9.17, 15) is 4.79 Å². The SMILES string of the molecule is Cc1cc(C)c(-n2nnnc2SCC(=O)O)c(Br)c1. The van der Waals surface area contributed by atoms with Crippen LogP contribution in [0, 0.1) is 13.8 Å². The Morgan fingerprint density at radius 1 is 1.47 bits per heavy atom. The lowest BCUT2D eigenvalue weighted by Crippen LogP contribution is -2.05. The second-order valence-corrected chi connectivity index (χ2v) is 5.76. The number of halogens is 1. The molecule has 0 bridgehead atoms. The summed E-state index contributed by atoms with van der Waals surface area (Å²) in [5.41, 5.74) is 2.96. The van der Waals surface area contributed by atoms with Crippen LogP contribution >= 0.6 is 27.7 Å². The molecule has 1 aromatic carbocycles. The minimum absolute atomic E-state index is 0.0805. The number of hydrogen-bond donors (Lipinski definition) is 1. The normalized spacial score (nSPS) is 10.7. The highest BCUT2D eigenvalue weighted by Gasteiger charge is 2.15. The van der Waals surface area contributed by atoms with Crippen LogP contribution in [-0.2, 0) is 4.79 Å². The predicted octanol–water partition coefficient (Wildman–Crippen LogP) is 2.22. The van der Waals surface area contributed by atoms with Crippen molar-refractivity contribution in [2.24, 2.45) is 0 Å². The van der Waals surface area contributed by atoms with Gasteiger partial charge in [-0.1, -0.05) is 17.8 Å². The van der Waals surface area contributed by atoms with Gasteiger partial charge in [0.1, 0.15) is 0 Å². The zero-order valence-electron chi connectivity index (χ0n) is 10.3. The Kier molecular flexibility index (Phi) is 4.20. The number of benzene rings is 1. The highest BCUT2D eigenvalue weighted by atomic mass is 79.9. The third-order valence-corrected chi connectivity index (χ3v) is 3.88. The lowest BCUT2D eigenvalue weighted by atomic mass is 10.1. The lowest BCUT2D eigenvalue weighted by molar-refractivity contribution is -0.133. The van der Waals surface area contributed by atoms with Gasteiger partial charge in [0.05, 0.1) is 11.4 Å². The van der Waals surface area contributed by atoms with Crippen molar-refractivity contribution in [3.63, 3.8) is 0 Å². The van der Waals surface area contributed by atoms with Crippen LogP contribution in [0.15, 0.2) is 21.8 Å². The van der Waals surface area contributed by atoms with Crippen molar-refractivity contribution < 1.29 is 9.90 Å². The fraction of sp³-hybridized carbons (Fsp3) is 0.273. The number of hydrogen-bond acceptors (Lipinski definition) is 5. The molecule has 2 rings (SSSR count). The first kappa shape index (κ1) is 14.0. The number of thioether (sulfide) groups is 1. The third kappa shape index (κ3) is 3.13. The van der Waals surface area contributed by atoms with E-state index < -0.39 is 5.97 Å². The molecular formula is C11H11BrN4O2S. The van der Waals surface area contributed by atoms with Crippen LogP contribution in [0.5, 0.6) is 0 Å². The topological polar surface area (TPSA) is 80.9 Å². The highest BCUT2D eigenvalue weighted by Crippen LogP contribution is 2.28. The Labute approximate surface area is 122 Å². The van der Waals surface area contributed by atoms with Crippen molar-refractivity contribution >= 4 is 33.7 Å². The molecule has 0 aliphatic rings. The van der Waals surface area contributed by atoms with Crippen molar-refractivity contribution in [2.45, 2.75) is 19.0 Å². The van der Waals surface area contributed by atoms with Gasteiger partial charge in [-0.15, -0.1) is 5.10 Å². The second kappa shape index (κ2) is 5.70.